The SMILES string of the molecule is COC(=O)C1=C(OC(=O)C(C)(C)C)[C@H](OC)[C@H]2O[C@@H]3OC(C)(C)O[C@@H]3[C@@]12CO[Si](C)(C)C(C)(C)C. The van der Waals surface area contributed by atoms with Crippen LogP contribution in [0.25, 0.3) is 0 Å². The van der Waals surface area contributed by atoms with E-state index in [1.165, 1.54) is 14.2 Å². The molecule has 3 rings (SSSR count). The van der Waals surface area contributed by atoms with E-state index in [1.807, 2.05) is 0 Å². The van der Waals surface area contributed by atoms with Gasteiger partial charge in [-0.1, -0.05) is 20.8 Å². The average molecular weight is 515 g/mol. The summed E-state index contributed by atoms with van der Waals surface area (Å²) in [6, 6.07) is 0. The van der Waals surface area contributed by atoms with Gasteiger partial charge in [0.1, 0.15) is 18.3 Å². The van der Waals surface area contributed by atoms with Crippen molar-refractivity contribution in [1.82, 2.24) is 0 Å². The molecule has 0 unspecified atom stereocenters. The fraction of sp³-hybridized carbons (Fsp3) is 0.840. The van der Waals surface area contributed by atoms with Gasteiger partial charge >= 0.3 is 11.9 Å². The van der Waals surface area contributed by atoms with Gasteiger partial charge in [0.05, 0.1) is 23.5 Å². The van der Waals surface area contributed by atoms with Gasteiger partial charge in [0.15, 0.2) is 26.2 Å². The molecule has 0 amide bonds. The molecule has 0 saturated carbocycles. The molecular weight excluding hydrogens is 472 g/mol. The van der Waals surface area contributed by atoms with Gasteiger partial charge < -0.3 is 32.8 Å². The lowest BCUT2D eigenvalue weighted by atomic mass is 9.76. The van der Waals surface area contributed by atoms with Gasteiger partial charge in [-0.25, -0.2) is 4.79 Å². The first-order chi connectivity index (χ1) is 15.8. The van der Waals surface area contributed by atoms with Crippen molar-refractivity contribution in [2.24, 2.45) is 10.8 Å². The molecule has 3 aliphatic rings. The van der Waals surface area contributed by atoms with Crippen LogP contribution < -0.4 is 0 Å². The van der Waals surface area contributed by atoms with E-state index in [9.17, 15) is 9.59 Å². The number of carbonyl (C=O) groups is 2. The minimum absolute atomic E-state index is 0.0786. The Morgan fingerprint density at radius 3 is 2.09 bits per heavy atom. The van der Waals surface area contributed by atoms with Crippen molar-refractivity contribution >= 4 is 20.3 Å². The second-order valence-electron chi connectivity index (χ2n) is 12.6. The molecule has 0 spiro atoms. The van der Waals surface area contributed by atoms with Crippen LogP contribution in [0.4, 0.5) is 0 Å². The topological polar surface area (TPSA) is 98.8 Å². The summed E-state index contributed by atoms with van der Waals surface area (Å²) in [6.07, 6.45) is -3.07. The molecule has 0 aromatic carbocycles. The van der Waals surface area contributed by atoms with Crippen molar-refractivity contribution in [3.05, 3.63) is 11.3 Å². The summed E-state index contributed by atoms with van der Waals surface area (Å²) in [7, 11) is 0.492. The molecule has 1 aliphatic carbocycles. The van der Waals surface area contributed by atoms with E-state index in [1.54, 1.807) is 34.6 Å². The first-order valence-corrected chi connectivity index (χ1v) is 15.0. The number of rotatable bonds is 6. The predicted octanol–water partition coefficient (Wildman–Crippen LogP) is 3.92. The Bertz CT molecular complexity index is 896. The molecular formula is C25H42O9Si. The molecule has 2 heterocycles. The molecule has 2 fully saturated rings. The fourth-order valence-corrected chi connectivity index (χ4v) is 5.51. The maximum Gasteiger partial charge on any atom is 0.338 e. The summed E-state index contributed by atoms with van der Waals surface area (Å²) < 4.78 is 42.3. The molecule has 9 nitrogen and oxygen atoms in total. The maximum atomic E-state index is 13.4. The van der Waals surface area contributed by atoms with E-state index in [4.69, 9.17) is 32.8 Å². The van der Waals surface area contributed by atoms with Crippen molar-refractivity contribution in [1.29, 1.82) is 0 Å². The molecule has 0 aromatic rings. The number of hydrogen-bond donors (Lipinski definition) is 0. The largest absolute Gasteiger partial charge is 0.466 e. The van der Waals surface area contributed by atoms with Crippen LogP contribution in [0.1, 0.15) is 55.4 Å². The summed E-state index contributed by atoms with van der Waals surface area (Å²) in [5.41, 5.74) is -1.84. The van der Waals surface area contributed by atoms with Crippen LogP contribution in [0.3, 0.4) is 0 Å². The summed E-state index contributed by atoms with van der Waals surface area (Å²) in [4.78, 5) is 26.4. The summed E-state index contributed by atoms with van der Waals surface area (Å²) in [5.74, 6) is -2.02. The maximum absolute atomic E-state index is 13.4. The predicted molar refractivity (Wildman–Crippen MR) is 130 cm³/mol. The van der Waals surface area contributed by atoms with Crippen molar-refractivity contribution in [3.63, 3.8) is 0 Å². The highest BCUT2D eigenvalue weighted by molar-refractivity contribution is 6.74. The number of ether oxygens (including phenoxy) is 6. The lowest BCUT2D eigenvalue weighted by molar-refractivity contribution is -0.226. The highest BCUT2D eigenvalue weighted by Gasteiger charge is 2.73. The second kappa shape index (κ2) is 8.92. The van der Waals surface area contributed by atoms with E-state index in [0.717, 1.165) is 0 Å². The van der Waals surface area contributed by atoms with Crippen LogP contribution >= 0.6 is 0 Å². The zero-order valence-corrected chi connectivity index (χ0v) is 24.2. The fourth-order valence-electron chi connectivity index (χ4n) is 4.48. The highest BCUT2D eigenvalue weighted by atomic mass is 28.4. The van der Waals surface area contributed by atoms with Crippen molar-refractivity contribution < 1.29 is 42.4 Å². The van der Waals surface area contributed by atoms with E-state index in [0.29, 0.717) is 0 Å². The van der Waals surface area contributed by atoms with Gasteiger partial charge in [0, 0.05) is 13.7 Å². The van der Waals surface area contributed by atoms with Crippen LogP contribution in [0.2, 0.25) is 18.1 Å². The standard InChI is InChI=1S/C25H42O9Si/c1-22(2,3)21(27)31-15-14(19(26)29-10)25(13-30-35(11,12)23(4,5)6)17(16(15)28-9)32-20-18(25)33-24(7,8)34-20/h16-18,20H,13H2,1-12H3/t16-,17+,18-,20+,25-/m0/s1. The van der Waals surface area contributed by atoms with Crippen molar-refractivity contribution in [3.8, 4) is 0 Å². The van der Waals surface area contributed by atoms with Crippen molar-refractivity contribution in [2.45, 2.75) is 104 Å². The molecule has 0 aromatic heterocycles. The molecule has 2 aliphatic heterocycles. The quantitative estimate of drug-likeness (QED) is 0.386. The molecule has 0 radical (unpaired) electrons. The van der Waals surface area contributed by atoms with Gasteiger partial charge in [-0.05, 0) is 52.8 Å². The Morgan fingerprint density at radius 1 is 1.00 bits per heavy atom. The van der Waals surface area contributed by atoms with Crippen LogP contribution in [-0.2, 0) is 42.4 Å². The van der Waals surface area contributed by atoms with E-state index < -0.39 is 61.5 Å². The van der Waals surface area contributed by atoms with E-state index >= 15 is 0 Å². The van der Waals surface area contributed by atoms with Gasteiger partial charge in [0.2, 0.25) is 0 Å². The Hall–Kier alpha value is -1.30. The second-order valence-corrected chi connectivity index (χ2v) is 17.4. The third kappa shape index (κ3) is 4.73. The van der Waals surface area contributed by atoms with E-state index in [2.05, 4.69) is 33.9 Å². The highest BCUT2D eigenvalue weighted by Crippen LogP contribution is 2.59. The monoisotopic (exact) mass is 514 g/mol. The third-order valence-corrected chi connectivity index (χ3v) is 12.0. The molecule has 0 N–H and O–H groups in total. The number of hydrogen-bond acceptors (Lipinski definition) is 9. The van der Waals surface area contributed by atoms with E-state index in [-0.39, 0.29) is 23.0 Å². The van der Waals surface area contributed by atoms with Crippen LogP contribution in [-0.4, -0.2) is 71.5 Å². The molecule has 5 atom stereocenters. The Labute approximate surface area is 209 Å². The molecule has 0 bridgehead atoms. The van der Waals surface area contributed by atoms with Crippen LogP contribution in [0.5, 0.6) is 0 Å². The van der Waals surface area contributed by atoms with Gasteiger partial charge in [0.25, 0.3) is 0 Å². The minimum Gasteiger partial charge on any atom is -0.466 e. The summed E-state index contributed by atoms with van der Waals surface area (Å²) in [6.45, 7) is 19.6. The number of fused-ring (bicyclic) bond motifs is 3. The van der Waals surface area contributed by atoms with Gasteiger partial charge in [-0.15, -0.1) is 0 Å². The average Bonchev–Trinajstić information content (AvgIpc) is 3.25. The van der Waals surface area contributed by atoms with Crippen LogP contribution in [0.15, 0.2) is 11.3 Å². The lowest BCUT2D eigenvalue weighted by Crippen LogP contribution is -2.52. The zero-order chi connectivity index (χ0) is 26.8. The summed E-state index contributed by atoms with van der Waals surface area (Å²) >= 11 is 0. The van der Waals surface area contributed by atoms with Crippen LogP contribution in [0, 0.1) is 10.8 Å². The zero-order valence-electron chi connectivity index (χ0n) is 23.2. The van der Waals surface area contributed by atoms with Gasteiger partial charge in [-0.3, -0.25) is 4.79 Å². The molecule has 200 valence electrons. The molecule has 35 heavy (non-hydrogen) atoms. The third-order valence-electron chi connectivity index (χ3n) is 7.54. The van der Waals surface area contributed by atoms with Crippen molar-refractivity contribution in [2.75, 3.05) is 20.8 Å². The first-order valence-electron chi connectivity index (χ1n) is 12.1. The smallest absolute Gasteiger partial charge is 0.338 e. The number of esters is 2. The molecule has 2 saturated heterocycles. The Morgan fingerprint density at radius 2 is 1.60 bits per heavy atom. The number of carbonyl (C=O) groups excluding carboxylic acids is 2. The Balaban J connectivity index is 2.21. The normalized spacial score (nSPS) is 32.5. The summed E-state index contributed by atoms with van der Waals surface area (Å²) in [5, 5.41) is -0.0831. The lowest BCUT2D eigenvalue weighted by Gasteiger charge is -2.41. The number of methoxy groups -OCH3 is 2. The Kier molecular flexibility index (Phi) is 7.20. The minimum atomic E-state index is -2.28. The first kappa shape index (κ1) is 28.3. The van der Waals surface area contributed by atoms with Gasteiger partial charge in [-0.2, -0.15) is 0 Å². The molecule has 10 heteroatoms.